The number of nitrogens with one attached hydrogen (secondary N) is 1. The fraction of sp³-hybridized carbons (Fsp3) is 0.692. The number of nitrogens with zero attached hydrogens (tertiary/aromatic N) is 1. The van der Waals surface area contributed by atoms with Gasteiger partial charge < -0.3 is 9.84 Å². The van der Waals surface area contributed by atoms with Crippen molar-refractivity contribution in [3.05, 3.63) is 17.0 Å². The van der Waals surface area contributed by atoms with Gasteiger partial charge in [-0.25, -0.2) is 0 Å². The van der Waals surface area contributed by atoms with Crippen molar-refractivity contribution in [1.82, 2.24) is 10.5 Å². The van der Waals surface area contributed by atoms with Crippen molar-refractivity contribution < 1.29 is 9.32 Å². The SMILES string of the molecule is Cc1noc(C)c1C(C)NC(=O)CC1(CS)CC1. The molecule has 1 aliphatic rings. The van der Waals surface area contributed by atoms with Gasteiger partial charge in [0.2, 0.25) is 5.91 Å². The van der Waals surface area contributed by atoms with Crippen molar-refractivity contribution in [2.45, 2.75) is 46.1 Å². The molecule has 0 radical (unpaired) electrons. The van der Waals surface area contributed by atoms with Crippen LogP contribution in [0.5, 0.6) is 0 Å². The van der Waals surface area contributed by atoms with Crippen LogP contribution in [-0.2, 0) is 4.79 Å². The molecule has 1 heterocycles. The standard InChI is InChI=1S/C13H20N2O2S/c1-8(12-9(2)15-17-10(12)3)14-11(16)6-13(7-18)4-5-13/h8,18H,4-7H2,1-3H3,(H,14,16). The molecule has 1 aliphatic carbocycles. The number of hydrogen-bond donors (Lipinski definition) is 2. The van der Waals surface area contributed by atoms with Gasteiger partial charge in [0.25, 0.3) is 0 Å². The Morgan fingerprint density at radius 2 is 2.22 bits per heavy atom. The Hall–Kier alpha value is -0.970. The lowest BCUT2D eigenvalue weighted by molar-refractivity contribution is -0.122. The number of carbonyl (C=O) groups is 1. The Kier molecular flexibility index (Phi) is 3.71. The normalized spacial score (nSPS) is 18.4. The largest absolute Gasteiger partial charge is 0.361 e. The second kappa shape index (κ2) is 4.96. The zero-order valence-corrected chi connectivity index (χ0v) is 12.0. The number of hydrogen-bond acceptors (Lipinski definition) is 4. The first-order valence-corrected chi connectivity index (χ1v) is 6.94. The van der Waals surface area contributed by atoms with E-state index in [-0.39, 0.29) is 17.4 Å². The van der Waals surface area contributed by atoms with Crippen molar-refractivity contribution in [2.75, 3.05) is 5.75 Å². The summed E-state index contributed by atoms with van der Waals surface area (Å²) >= 11 is 4.32. The molecule has 4 nitrogen and oxygen atoms in total. The Morgan fingerprint density at radius 3 is 2.67 bits per heavy atom. The molecule has 100 valence electrons. The molecule has 1 amide bonds. The van der Waals surface area contributed by atoms with Crippen molar-refractivity contribution >= 4 is 18.5 Å². The highest BCUT2D eigenvalue weighted by Crippen LogP contribution is 2.49. The number of aromatic nitrogens is 1. The Labute approximate surface area is 113 Å². The summed E-state index contributed by atoms with van der Waals surface area (Å²) in [7, 11) is 0. The third-order valence-electron chi connectivity index (χ3n) is 3.73. The van der Waals surface area contributed by atoms with E-state index in [1.807, 2.05) is 20.8 Å². The van der Waals surface area contributed by atoms with E-state index in [0.717, 1.165) is 35.6 Å². The summed E-state index contributed by atoms with van der Waals surface area (Å²) in [6.07, 6.45) is 2.80. The van der Waals surface area contributed by atoms with Crippen LogP contribution in [0.2, 0.25) is 0 Å². The van der Waals surface area contributed by atoms with Crippen LogP contribution in [0, 0.1) is 19.3 Å². The van der Waals surface area contributed by atoms with E-state index in [9.17, 15) is 4.79 Å². The molecule has 1 aromatic rings. The zero-order chi connectivity index (χ0) is 13.3. The summed E-state index contributed by atoms with van der Waals surface area (Å²) in [6, 6.07) is -0.0560. The second-order valence-electron chi connectivity index (χ2n) is 5.36. The van der Waals surface area contributed by atoms with Crippen LogP contribution in [0.25, 0.3) is 0 Å². The van der Waals surface area contributed by atoms with Crippen LogP contribution in [0.4, 0.5) is 0 Å². The van der Waals surface area contributed by atoms with Crippen molar-refractivity contribution in [3.8, 4) is 0 Å². The molecule has 1 fully saturated rings. The van der Waals surface area contributed by atoms with Gasteiger partial charge >= 0.3 is 0 Å². The minimum Gasteiger partial charge on any atom is -0.361 e. The van der Waals surface area contributed by atoms with E-state index < -0.39 is 0 Å². The fourth-order valence-corrected chi connectivity index (χ4v) is 2.81. The summed E-state index contributed by atoms with van der Waals surface area (Å²) in [5, 5.41) is 6.93. The molecule has 1 unspecified atom stereocenters. The fourth-order valence-electron chi connectivity index (χ4n) is 2.38. The highest BCUT2D eigenvalue weighted by atomic mass is 32.1. The molecule has 1 atom stereocenters. The van der Waals surface area contributed by atoms with Gasteiger partial charge in [0.05, 0.1) is 11.7 Å². The smallest absolute Gasteiger partial charge is 0.221 e. The van der Waals surface area contributed by atoms with Crippen molar-refractivity contribution in [2.24, 2.45) is 5.41 Å². The average Bonchev–Trinajstić information content (AvgIpc) is 2.98. The van der Waals surface area contributed by atoms with E-state index in [1.165, 1.54) is 0 Å². The monoisotopic (exact) mass is 268 g/mol. The first-order valence-electron chi connectivity index (χ1n) is 6.30. The molecule has 1 aromatic heterocycles. The summed E-state index contributed by atoms with van der Waals surface area (Å²) in [5.41, 5.74) is 1.99. The maximum absolute atomic E-state index is 12.0. The molecule has 0 aliphatic heterocycles. The van der Waals surface area contributed by atoms with Gasteiger partial charge in [-0.15, -0.1) is 0 Å². The lowest BCUT2D eigenvalue weighted by Gasteiger charge is -2.16. The zero-order valence-electron chi connectivity index (χ0n) is 11.1. The van der Waals surface area contributed by atoms with Gasteiger partial charge in [-0.3, -0.25) is 4.79 Å². The van der Waals surface area contributed by atoms with E-state index in [0.29, 0.717) is 6.42 Å². The summed E-state index contributed by atoms with van der Waals surface area (Å²) < 4.78 is 5.12. The predicted molar refractivity (Wildman–Crippen MR) is 72.7 cm³/mol. The molecule has 2 rings (SSSR count). The van der Waals surface area contributed by atoms with Crippen molar-refractivity contribution in [1.29, 1.82) is 0 Å². The Balaban J connectivity index is 1.95. The highest BCUT2D eigenvalue weighted by Gasteiger charge is 2.43. The van der Waals surface area contributed by atoms with E-state index in [4.69, 9.17) is 4.52 Å². The number of amides is 1. The van der Waals surface area contributed by atoms with Crippen molar-refractivity contribution in [3.63, 3.8) is 0 Å². The van der Waals surface area contributed by atoms with Crippen LogP contribution >= 0.6 is 12.6 Å². The summed E-state index contributed by atoms with van der Waals surface area (Å²) in [5.74, 6) is 1.66. The van der Waals surface area contributed by atoms with Crippen LogP contribution in [-0.4, -0.2) is 16.8 Å². The molecule has 1 saturated carbocycles. The Bertz CT molecular complexity index is 432. The van der Waals surface area contributed by atoms with Gasteiger partial charge in [0.15, 0.2) is 0 Å². The lowest BCUT2D eigenvalue weighted by Crippen LogP contribution is -2.29. The molecule has 0 saturated heterocycles. The molecule has 18 heavy (non-hydrogen) atoms. The Morgan fingerprint density at radius 1 is 1.56 bits per heavy atom. The number of carbonyl (C=O) groups excluding carboxylic acids is 1. The maximum Gasteiger partial charge on any atom is 0.221 e. The van der Waals surface area contributed by atoms with Crippen LogP contribution in [0.15, 0.2) is 4.52 Å². The number of aryl methyl sites for hydroxylation is 2. The first-order chi connectivity index (χ1) is 8.47. The third-order valence-corrected chi connectivity index (χ3v) is 4.40. The lowest BCUT2D eigenvalue weighted by atomic mass is 10.0. The first kappa shape index (κ1) is 13.5. The van der Waals surface area contributed by atoms with E-state index >= 15 is 0 Å². The second-order valence-corrected chi connectivity index (χ2v) is 5.68. The van der Waals surface area contributed by atoms with Gasteiger partial charge in [-0.2, -0.15) is 12.6 Å². The third kappa shape index (κ3) is 2.71. The van der Waals surface area contributed by atoms with Gasteiger partial charge in [0, 0.05) is 12.0 Å². The highest BCUT2D eigenvalue weighted by molar-refractivity contribution is 7.80. The van der Waals surface area contributed by atoms with E-state index in [1.54, 1.807) is 0 Å². The molecule has 0 bridgehead atoms. The minimum atomic E-state index is -0.0560. The number of rotatable bonds is 5. The molecular weight excluding hydrogens is 248 g/mol. The van der Waals surface area contributed by atoms with Crippen LogP contribution in [0.1, 0.15) is 49.2 Å². The molecule has 0 aromatic carbocycles. The average molecular weight is 268 g/mol. The predicted octanol–water partition coefficient (Wildman–Crippen LogP) is 2.57. The number of thiol groups is 1. The topological polar surface area (TPSA) is 55.1 Å². The van der Waals surface area contributed by atoms with Crippen LogP contribution < -0.4 is 5.32 Å². The minimum absolute atomic E-state index is 0.0560. The molecule has 5 heteroatoms. The quantitative estimate of drug-likeness (QED) is 0.807. The summed E-state index contributed by atoms with van der Waals surface area (Å²) in [4.78, 5) is 12.0. The van der Waals surface area contributed by atoms with E-state index in [2.05, 4.69) is 23.1 Å². The molecular formula is C13H20N2O2S. The molecule has 1 N–H and O–H groups in total. The maximum atomic E-state index is 12.0. The van der Waals surface area contributed by atoms with Crippen LogP contribution in [0.3, 0.4) is 0 Å². The molecule has 0 spiro atoms. The summed E-state index contributed by atoms with van der Waals surface area (Å²) in [6.45, 7) is 5.73. The van der Waals surface area contributed by atoms with Gasteiger partial charge in [0.1, 0.15) is 5.76 Å². The van der Waals surface area contributed by atoms with Gasteiger partial charge in [-0.1, -0.05) is 5.16 Å². The van der Waals surface area contributed by atoms with Gasteiger partial charge in [-0.05, 0) is 44.8 Å².